The third kappa shape index (κ3) is 2.37. The van der Waals surface area contributed by atoms with E-state index < -0.39 is 0 Å². The van der Waals surface area contributed by atoms with E-state index in [0.717, 1.165) is 0 Å². The molecule has 0 aliphatic heterocycles. The van der Waals surface area contributed by atoms with Gasteiger partial charge in [0, 0.05) is 0 Å². The summed E-state index contributed by atoms with van der Waals surface area (Å²) in [4.78, 5) is 0. The van der Waals surface area contributed by atoms with Crippen molar-refractivity contribution in [1.29, 1.82) is 0 Å². The van der Waals surface area contributed by atoms with E-state index in [-0.39, 0.29) is 11.6 Å². The van der Waals surface area contributed by atoms with E-state index in [1.54, 1.807) is 0 Å². The van der Waals surface area contributed by atoms with Gasteiger partial charge in [0.05, 0.1) is 0 Å². The molecule has 0 fully saturated rings. The van der Waals surface area contributed by atoms with Crippen molar-refractivity contribution in [2.24, 2.45) is 0 Å². The quantitative estimate of drug-likeness (QED) is 0.409. The minimum atomic E-state index is 0.130. The molecule has 6 radical (unpaired) electrons. The third-order valence-electron chi connectivity index (χ3n) is 0.829. The van der Waals surface area contributed by atoms with Crippen molar-refractivity contribution >= 4 is 15.7 Å². The Morgan fingerprint density at radius 1 is 1.00 bits per heavy atom. The average molecular weight is 77.7 g/mol. The highest BCUT2D eigenvalue weighted by molar-refractivity contribution is 6.20. The molecule has 0 aliphatic carbocycles. The van der Waals surface area contributed by atoms with Crippen LogP contribution in [-0.2, 0) is 0 Å². The predicted octanol–water partition coefficient (Wildman–Crippen LogP) is 0.940. The second kappa shape index (κ2) is 2.33. The van der Waals surface area contributed by atoms with Gasteiger partial charge in [-0.1, -0.05) is 0 Å². The smallest absolute Gasteiger partial charge is 0.105 e. The zero-order valence-electron chi connectivity index (χ0n) is 4.31. The van der Waals surface area contributed by atoms with Crippen molar-refractivity contribution in [2.45, 2.75) is 25.5 Å². The number of hydrogen-bond donors (Lipinski definition) is 0. The Balaban J connectivity index is 2.99. The molecule has 0 saturated heterocycles. The lowest BCUT2D eigenvalue weighted by Gasteiger charge is -2.34. The van der Waals surface area contributed by atoms with Crippen LogP contribution in [0.15, 0.2) is 0 Å². The van der Waals surface area contributed by atoms with Crippen molar-refractivity contribution in [3.05, 3.63) is 0 Å². The highest BCUT2D eigenvalue weighted by Gasteiger charge is 1.69. The highest BCUT2D eigenvalue weighted by atomic mass is 13.9. The van der Waals surface area contributed by atoms with Crippen molar-refractivity contribution in [2.75, 3.05) is 0 Å². The van der Waals surface area contributed by atoms with Crippen LogP contribution in [0.2, 0.25) is 11.6 Å². The van der Waals surface area contributed by atoms with Crippen LogP contribution < -0.4 is 0 Å². The first-order chi connectivity index (χ1) is 2.64. The lowest BCUT2D eigenvalue weighted by atomic mass is 9.69. The van der Waals surface area contributed by atoms with Crippen LogP contribution in [0.5, 0.6) is 0 Å². The maximum absolute atomic E-state index is 5.31. The molecule has 0 aromatic rings. The van der Waals surface area contributed by atoms with Gasteiger partial charge < -0.3 is 27.3 Å². The SMILES string of the molecule is [B-]C(C)C([B-])C. The molecular formula is C4H8B2-2. The molecule has 0 aromatic carbocycles. The van der Waals surface area contributed by atoms with Crippen LogP contribution in [0, 0.1) is 0 Å². The lowest BCUT2D eigenvalue weighted by molar-refractivity contribution is 0.875. The number of rotatable bonds is 1. The van der Waals surface area contributed by atoms with Gasteiger partial charge >= 0.3 is 0 Å². The zero-order chi connectivity index (χ0) is 5.15. The summed E-state index contributed by atoms with van der Waals surface area (Å²) in [7, 11) is 10.6. The lowest BCUT2D eigenvalue weighted by Crippen LogP contribution is -1.92. The summed E-state index contributed by atoms with van der Waals surface area (Å²) >= 11 is 0. The van der Waals surface area contributed by atoms with Gasteiger partial charge in [-0.15, -0.1) is 13.8 Å². The Labute approximate surface area is 42.1 Å². The fraction of sp³-hybridized carbons (Fsp3) is 1.00. The molecule has 0 bridgehead atoms. The molecule has 6 heavy (non-hydrogen) atoms. The summed E-state index contributed by atoms with van der Waals surface area (Å²) in [6.45, 7) is 3.79. The number of hydrogen-bond acceptors (Lipinski definition) is 0. The summed E-state index contributed by atoms with van der Waals surface area (Å²) < 4.78 is 0. The van der Waals surface area contributed by atoms with Crippen LogP contribution in [0.1, 0.15) is 13.8 Å². The predicted molar refractivity (Wildman–Crippen MR) is 30.4 cm³/mol. The Kier molecular flexibility index (Phi) is 2.38. The van der Waals surface area contributed by atoms with Crippen molar-refractivity contribution in [3.63, 3.8) is 0 Å². The standard InChI is InChI=1S/C4H8B2/c1-3(5)4(2)6/h3-4H,1-2H3/q-2. The van der Waals surface area contributed by atoms with Gasteiger partial charge in [-0.2, -0.15) is 0 Å². The van der Waals surface area contributed by atoms with Gasteiger partial charge in [0.25, 0.3) is 0 Å². The van der Waals surface area contributed by atoms with Crippen LogP contribution in [0.25, 0.3) is 0 Å². The summed E-state index contributed by atoms with van der Waals surface area (Å²) in [6.07, 6.45) is 0. The molecule has 0 nitrogen and oxygen atoms in total. The molecule has 0 aromatic heterocycles. The second-order valence-corrected chi connectivity index (χ2v) is 1.72. The molecule has 2 unspecified atom stereocenters. The minimum Gasteiger partial charge on any atom is -0.626 e. The summed E-state index contributed by atoms with van der Waals surface area (Å²) in [5, 5.41) is 0. The Morgan fingerprint density at radius 3 is 1.17 bits per heavy atom. The fourth-order valence-corrected chi connectivity index (χ4v) is 0. The van der Waals surface area contributed by atoms with Gasteiger partial charge in [-0.3, -0.25) is 0 Å². The van der Waals surface area contributed by atoms with Crippen LogP contribution in [0.4, 0.5) is 0 Å². The minimum absolute atomic E-state index is 0.130. The highest BCUT2D eigenvalue weighted by Crippen LogP contribution is 2.12. The third-order valence-corrected chi connectivity index (χ3v) is 0.829. The largest absolute Gasteiger partial charge is 0.626 e. The van der Waals surface area contributed by atoms with E-state index >= 15 is 0 Å². The van der Waals surface area contributed by atoms with E-state index in [1.165, 1.54) is 0 Å². The topological polar surface area (TPSA) is 0 Å². The first kappa shape index (κ1) is 6.13. The molecule has 32 valence electrons. The average Bonchev–Trinajstić information content (AvgIpc) is 1.36. The second-order valence-electron chi connectivity index (χ2n) is 1.72. The van der Waals surface area contributed by atoms with Crippen molar-refractivity contribution in [1.82, 2.24) is 0 Å². The molecule has 0 heterocycles. The van der Waals surface area contributed by atoms with Gasteiger partial charge in [-0.05, 0) is 0 Å². The monoisotopic (exact) mass is 78.1 g/mol. The van der Waals surface area contributed by atoms with Gasteiger partial charge in [0.15, 0.2) is 0 Å². The molecule has 2 heteroatoms. The normalized spacial score (nSPS) is 20.0. The van der Waals surface area contributed by atoms with Crippen LogP contribution in [-0.4, -0.2) is 15.7 Å². The molecule has 0 aliphatic rings. The van der Waals surface area contributed by atoms with E-state index in [2.05, 4.69) is 0 Å². The molecule has 0 rings (SSSR count). The van der Waals surface area contributed by atoms with Crippen molar-refractivity contribution in [3.8, 4) is 0 Å². The van der Waals surface area contributed by atoms with Gasteiger partial charge in [-0.25, -0.2) is 0 Å². The fourth-order valence-electron chi connectivity index (χ4n) is 0. The Bertz CT molecular complexity index is 26.5. The summed E-state index contributed by atoms with van der Waals surface area (Å²) in [5.74, 6) is 0.259. The molecule has 0 amide bonds. The summed E-state index contributed by atoms with van der Waals surface area (Å²) in [5.41, 5.74) is 0. The first-order valence-corrected chi connectivity index (χ1v) is 2.15. The van der Waals surface area contributed by atoms with Gasteiger partial charge in [0.2, 0.25) is 0 Å². The van der Waals surface area contributed by atoms with E-state index in [4.69, 9.17) is 15.7 Å². The molecule has 0 N–H and O–H groups in total. The van der Waals surface area contributed by atoms with E-state index in [1.807, 2.05) is 13.8 Å². The molecular weight excluding hydrogens is 69.7 g/mol. The molecule has 0 saturated carbocycles. The maximum Gasteiger partial charge on any atom is -0.105 e. The van der Waals surface area contributed by atoms with Crippen molar-refractivity contribution < 1.29 is 0 Å². The molecule has 2 atom stereocenters. The Morgan fingerprint density at radius 2 is 1.17 bits per heavy atom. The maximum atomic E-state index is 5.31. The molecule has 0 spiro atoms. The van der Waals surface area contributed by atoms with Crippen LogP contribution >= 0.6 is 0 Å². The summed E-state index contributed by atoms with van der Waals surface area (Å²) in [6, 6.07) is 0. The van der Waals surface area contributed by atoms with Gasteiger partial charge in [0.1, 0.15) is 0 Å². The van der Waals surface area contributed by atoms with E-state index in [9.17, 15) is 0 Å². The first-order valence-electron chi connectivity index (χ1n) is 2.15. The van der Waals surface area contributed by atoms with E-state index in [0.29, 0.717) is 0 Å². The zero-order valence-corrected chi connectivity index (χ0v) is 4.31. The Hall–Kier alpha value is 0.130. The van der Waals surface area contributed by atoms with Crippen LogP contribution in [0.3, 0.4) is 0 Å².